The summed E-state index contributed by atoms with van der Waals surface area (Å²) in [6.45, 7) is 6.90. The zero-order chi connectivity index (χ0) is 24.8. The fraction of sp³-hybridized carbons (Fsp3) is 0.333. The van der Waals surface area contributed by atoms with Gasteiger partial charge in [0.25, 0.3) is 0 Å². The van der Waals surface area contributed by atoms with Crippen LogP contribution in [0.2, 0.25) is 0 Å². The minimum atomic E-state index is -0.849. The van der Waals surface area contributed by atoms with E-state index in [1.165, 1.54) is 6.07 Å². The number of halogens is 3. The first-order valence-electron chi connectivity index (χ1n) is 12.2. The van der Waals surface area contributed by atoms with Gasteiger partial charge in [0.1, 0.15) is 5.82 Å². The van der Waals surface area contributed by atoms with Crippen molar-refractivity contribution >= 4 is 0 Å². The van der Waals surface area contributed by atoms with Gasteiger partial charge in [0.2, 0.25) is 0 Å². The highest BCUT2D eigenvalue weighted by atomic mass is 19.2. The molecule has 0 aromatic heterocycles. The third-order valence-electron chi connectivity index (χ3n) is 6.46. The Bertz CT molecular complexity index is 1150. The van der Waals surface area contributed by atoms with Crippen LogP contribution in [0.5, 0.6) is 0 Å². The summed E-state index contributed by atoms with van der Waals surface area (Å²) >= 11 is 0. The summed E-state index contributed by atoms with van der Waals surface area (Å²) in [6.07, 6.45) is 5.11. The van der Waals surface area contributed by atoms with Gasteiger partial charge in [0.15, 0.2) is 17.9 Å². The topological polar surface area (TPSA) is 18.5 Å². The third-order valence-corrected chi connectivity index (χ3v) is 6.46. The van der Waals surface area contributed by atoms with E-state index >= 15 is 0 Å². The first kappa shape index (κ1) is 25.2. The molecular formula is C30H31F3O2. The molecule has 1 heterocycles. The Labute approximate surface area is 205 Å². The summed E-state index contributed by atoms with van der Waals surface area (Å²) in [5, 5.41) is 0. The van der Waals surface area contributed by atoms with Crippen LogP contribution in [0.15, 0.2) is 67.3 Å². The minimum absolute atomic E-state index is 0.205. The van der Waals surface area contributed by atoms with Crippen LogP contribution >= 0.6 is 0 Å². The summed E-state index contributed by atoms with van der Waals surface area (Å²) in [5.41, 5.74) is 2.97. The number of unbranched alkanes of at least 4 members (excludes halogenated alkanes) is 1. The van der Waals surface area contributed by atoms with Crippen molar-refractivity contribution in [3.8, 4) is 22.3 Å². The number of ether oxygens (including phenoxy) is 2. The number of aryl methyl sites for hydroxylation is 1. The summed E-state index contributed by atoms with van der Waals surface area (Å²) < 4.78 is 55.7. The maximum absolute atomic E-state index is 14.9. The second-order valence-electron chi connectivity index (χ2n) is 9.05. The molecule has 3 aromatic rings. The third kappa shape index (κ3) is 5.85. The molecule has 2 nitrogen and oxygen atoms in total. The van der Waals surface area contributed by atoms with Crippen LogP contribution in [-0.2, 0) is 15.9 Å². The fourth-order valence-electron chi connectivity index (χ4n) is 4.48. The van der Waals surface area contributed by atoms with E-state index in [1.807, 2.05) is 6.07 Å². The second-order valence-corrected chi connectivity index (χ2v) is 9.05. The highest BCUT2D eigenvalue weighted by molar-refractivity contribution is 5.71. The second kappa shape index (κ2) is 11.7. The van der Waals surface area contributed by atoms with Crippen molar-refractivity contribution in [2.24, 2.45) is 5.92 Å². The Hall–Kier alpha value is -2.89. The number of benzene rings is 3. The lowest BCUT2D eigenvalue weighted by atomic mass is 9.97. The Morgan fingerprint density at radius 2 is 1.57 bits per heavy atom. The van der Waals surface area contributed by atoms with Gasteiger partial charge < -0.3 is 9.47 Å². The molecule has 1 fully saturated rings. The van der Waals surface area contributed by atoms with Crippen LogP contribution in [0.3, 0.4) is 0 Å². The van der Waals surface area contributed by atoms with E-state index in [0.29, 0.717) is 47.8 Å². The molecule has 0 unspecified atom stereocenters. The quantitative estimate of drug-likeness (QED) is 0.226. The van der Waals surface area contributed by atoms with Crippen LogP contribution < -0.4 is 0 Å². The molecule has 0 amide bonds. The molecule has 0 spiro atoms. The van der Waals surface area contributed by atoms with Crippen LogP contribution in [0.1, 0.15) is 50.0 Å². The molecular weight excluding hydrogens is 449 g/mol. The van der Waals surface area contributed by atoms with E-state index in [9.17, 15) is 13.2 Å². The van der Waals surface area contributed by atoms with Crippen molar-refractivity contribution in [1.82, 2.24) is 0 Å². The van der Waals surface area contributed by atoms with Crippen LogP contribution in [0.4, 0.5) is 13.2 Å². The maximum Gasteiger partial charge on any atom is 0.186 e. The van der Waals surface area contributed by atoms with Gasteiger partial charge in [0, 0.05) is 17.0 Å². The average Bonchev–Trinajstić information content (AvgIpc) is 2.88. The Morgan fingerprint density at radius 1 is 0.886 bits per heavy atom. The number of hydrogen-bond acceptors (Lipinski definition) is 2. The molecule has 0 radical (unpaired) electrons. The Kier molecular flexibility index (Phi) is 8.42. The molecule has 3 aromatic carbocycles. The molecule has 5 heteroatoms. The molecule has 0 N–H and O–H groups in total. The van der Waals surface area contributed by atoms with Gasteiger partial charge in [-0.15, -0.1) is 6.58 Å². The smallest absolute Gasteiger partial charge is 0.186 e. The molecule has 35 heavy (non-hydrogen) atoms. The SMILES string of the molecule is C=CCCCc1ccc(-c2ccc(-c3ccc(C4OCC(CCC)CO4)c(F)c3)cc2)c(F)c1F. The maximum atomic E-state index is 14.9. The largest absolute Gasteiger partial charge is 0.348 e. The van der Waals surface area contributed by atoms with Crippen LogP contribution in [0, 0.1) is 23.4 Å². The predicted octanol–water partition coefficient (Wildman–Crippen LogP) is 8.41. The van der Waals surface area contributed by atoms with Crippen LogP contribution in [-0.4, -0.2) is 13.2 Å². The number of allylic oxidation sites excluding steroid dienone is 1. The predicted molar refractivity (Wildman–Crippen MR) is 133 cm³/mol. The van der Waals surface area contributed by atoms with E-state index < -0.39 is 23.7 Å². The molecule has 4 rings (SSSR count). The van der Waals surface area contributed by atoms with E-state index in [2.05, 4.69) is 13.5 Å². The molecule has 0 bridgehead atoms. The lowest BCUT2D eigenvalue weighted by Gasteiger charge is -2.29. The lowest BCUT2D eigenvalue weighted by molar-refractivity contribution is -0.207. The number of rotatable bonds is 9. The summed E-state index contributed by atoms with van der Waals surface area (Å²) in [5.74, 6) is -1.70. The highest BCUT2D eigenvalue weighted by Gasteiger charge is 2.25. The zero-order valence-corrected chi connectivity index (χ0v) is 20.0. The molecule has 0 atom stereocenters. The molecule has 1 saturated heterocycles. The van der Waals surface area contributed by atoms with Crippen molar-refractivity contribution in [2.45, 2.75) is 45.3 Å². The lowest BCUT2D eigenvalue weighted by Crippen LogP contribution is -2.27. The first-order valence-corrected chi connectivity index (χ1v) is 12.2. The minimum Gasteiger partial charge on any atom is -0.348 e. The average molecular weight is 481 g/mol. The highest BCUT2D eigenvalue weighted by Crippen LogP contribution is 2.33. The van der Waals surface area contributed by atoms with Crippen molar-refractivity contribution in [2.75, 3.05) is 13.2 Å². The van der Waals surface area contributed by atoms with Crippen molar-refractivity contribution in [3.63, 3.8) is 0 Å². The van der Waals surface area contributed by atoms with Gasteiger partial charge >= 0.3 is 0 Å². The van der Waals surface area contributed by atoms with Gasteiger partial charge in [-0.3, -0.25) is 0 Å². The van der Waals surface area contributed by atoms with Gasteiger partial charge in [-0.1, -0.05) is 68.0 Å². The van der Waals surface area contributed by atoms with E-state index in [-0.39, 0.29) is 5.56 Å². The molecule has 1 aliphatic rings. The monoisotopic (exact) mass is 480 g/mol. The summed E-state index contributed by atoms with van der Waals surface area (Å²) in [4.78, 5) is 0. The summed E-state index contributed by atoms with van der Waals surface area (Å²) in [6, 6.07) is 15.2. The normalized spacial score (nSPS) is 17.9. The molecule has 1 aliphatic heterocycles. The fourth-order valence-corrected chi connectivity index (χ4v) is 4.48. The van der Waals surface area contributed by atoms with E-state index in [4.69, 9.17) is 9.47 Å². The van der Waals surface area contributed by atoms with Gasteiger partial charge in [0.05, 0.1) is 13.2 Å². The van der Waals surface area contributed by atoms with Crippen molar-refractivity contribution in [3.05, 3.63) is 95.8 Å². The summed E-state index contributed by atoms with van der Waals surface area (Å²) in [7, 11) is 0. The number of hydrogen-bond donors (Lipinski definition) is 0. The molecule has 184 valence electrons. The molecule has 0 aliphatic carbocycles. The van der Waals surface area contributed by atoms with Gasteiger partial charge in [-0.25, -0.2) is 13.2 Å². The van der Waals surface area contributed by atoms with E-state index in [0.717, 1.165) is 31.2 Å². The Balaban J connectivity index is 1.48. The standard InChI is InChI=1S/C30H31F3O2/c1-3-5-6-8-23-13-15-25(29(33)28(23)32)22-11-9-21(10-12-22)24-14-16-26(27(31)17-24)30-34-18-20(7-4-2)19-35-30/h3,9-17,20,30H,1,4-8,18-19H2,2H3. The Morgan fingerprint density at radius 3 is 2.23 bits per heavy atom. The van der Waals surface area contributed by atoms with Crippen LogP contribution in [0.25, 0.3) is 22.3 Å². The van der Waals surface area contributed by atoms with Gasteiger partial charge in [-0.2, -0.15) is 0 Å². The van der Waals surface area contributed by atoms with Crippen molar-refractivity contribution < 1.29 is 22.6 Å². The van der Waals surface area contributed by atoms with E-state index in [1.54, 1.807) is 48.5 Å². The first-order chi connectivity index (χ1) is 17.0. The van der Waals surface area contributed by atoms with Crippen molar-refractivity contribution in [1.29, 1.82) is 0 Å². The molecule has 0 saturated carbocycles. The zero-order valence-electron chi connectivity index (χ0n) is 20.0. The van der Waals surface area contributed by atoms with Gasteiger partial charge in [-0.05, 0) is 54.0 Å².